The molecular formula is C23H28FN5O5S. The Morgan fingerprint density at radius 1 is 1.23 bits per heavy atom. The molecule has 1 saturated heterocycles. The number of aryl methyl sites for hydroxylation is 1. The van der Waals surface area contributed by atoms with Gasteiger partial charge >= 0.3 is 5.76 Å². The number of nitrogens with one attached hydrogen (secondary N) is 2. The first-order valence-electron chi connectivity index (χ1n) is 11.3. The SMILES string of the molecule is Cc1ccc(F)c([C@@H](C)[C@H](NS(=O)(=O)N2CCC(Oc3ccccn3)CC2)c2n[nH]c(=O)o2)c1C. The van der Waals surface area contributed by atoms with Crippen molar-refractivity contribution in [1.29, 1.82) is 0 Å². The highest BCUT2D eigenvalue weighted by atomic mass is 32.2. The summed E-state index contributed by atoms with van der Waals surface area (Å²) < 4.78 is 56.3. The number of hydrogen-bond donors (Lipinski definition) is 2. The molecule has 0 amide bonds. The number of benzene rings is 1. The van der Waals surface area contributed by atoms with E-state index in [0.717, 1.165) is 5.56 Å². The van der Waals surface area contributed by atoms with E-state index < -0.39 is 33.7 Å². The second-order valence-corrected chi connectivity index (χ2v) is 10.3. The number of pyridine rings is 1. The summed E-state index contributed by atoms with van der Waals surface area (Å²) in [6.45, 7) is 5.71. The van der Waals surface area contributed by atoms with E-state index in [-0.39, 0.29) is 25.1 Å². The van der Waals surface area contributed by atoms with E-state index in [4.69, 9.17) is 9.15 Å². The van der Waals surface area contributed by atoms with Gasteiger partial charge in [-0.2, -0.15) is 17.4 Å². The molecule has 0 bridgehead atoms. The second kappa shape index (κ2) is 10.3. The summed E-state index contributed by atoms with van der Waals surface area (Å²) in [5.41, 5.74) is 1.87. The highest BCUT2D eigenvalue weighted by Crippen LogP contribution is 2.35. The molecule has 12 heteroatoms. The number of aromatic nitrogens is 3. The van der Waals surface area contributed by atoms with Crippen molar-refractivity contribution in [3.63, 3.8) is 0 Å². The van der Waals surface area contributed by atoms with Crippen LogP contribution in [-0.2, 0) is 10.2 Å². The van der Waals surface area contributed by atoms with Crippen molar-refractivity contribution < 1.29 is 22.0 Å². The van der Waals surface area contributed by atoms with E-state index in [9.17, 15) is 17.6 Å². The first-order valence-corrected chi connectivity index (χ1v) is 12.8. The van der Waals surface area contributed by atoms with Crippen molar-refractivity contribution in [2.24, 2.45) is 0 Å². The summed E-state index contributed by atoms with van der Waals surface area (Å²) in [5, 5.41) is 5.99. The lowest BCUT2D eigenvalue weighted by atomic mass is 9.88. The Balaban J connectivity index is 1.53. The van der Waals surface area contributed by atoms with Crippen LogP contribution in [-0.4, -0.2) is 47.1 Å². The Morgan fingerprint density at radius 2 is 1.97 bits per heavy atom. The third-order valence-corrected chi connectivity index (χ3v) is 7.95. The molecule has 0 unspecified atom stereocenters. The first-order chi connectivity index (χ1) is 16.7. The number of halogens is 1. The lowest BCUT2D eigenvalue weighted by molar-refractivity contribution is 0.129. The Kier molecular flexibility index (Phi) is 7.33. The van der Waals surface area contributed by atoms with Gasteiger partial charge < -0.3 is 9.15 Å². The Bertz CT molecular complexity index is 1320. The molecule has 2 atom stereocenters. The van der Waals surface area contributed by atoms with Crippen LogP contribution in [0.1, 0.15) is 54.3 Å². The molecule has 1 aliphatic heterocycles. The van der Waals surface area contributed by atoms with Gasteiger partial charge in [-0.25, -0.2) is 19.3 Å². The molecule has 1 fully saturated rings. The van der Waals surface area contributed by atoms with Gasteiger partial charge in [0, 0.05) is 31.3 Å². The molecule has 188 valence electrons. The van der Waals surface area contributed by atoms with E-state index in [1.165, 1.54) is 10.4 Å². The normalized spacial score (nSPS) is 17.3. The van der Waals surface area contributed by atoms with Crippen molar-refractivity contribution in [1.82, 2.24) is 24.2 Å². The van der Waals surface area contributed by atoms with Crippen molar-refractivity contribution in [3.05, 3.63) is 75.5 Å². The average Bonchev–Trinajstić information content (AvgIpc) is 3.27. The quantitative estimate of drug-likeness (QED) is 0.481. The fraction of sp³-hybridized carbons (Fsp3) is 0.435. The van der Waals surface area contributed by atoms with Crippen molar-refractivity contribution >= 4 is 10.2 Å². The van der Waals surface area contributed by atoms with E-state index in [1.54, 1.807) is 38.2 Å². The number of rotatable bonds is 8. The molecule has 0 saturated carbocycles. The minimum atomic E-state index is -4.03. The van der Waals surface area contributed by atoms with Gasteiger partial charge in [0.15, 0.2) is 0 Å². The predicted molar refractivity (Wildman–Crippen MR) is 126 cm³/mol. The standard InChI is InChI=1S/C23H28FN5O5S/c1-14-7-8-18(24)20(15(14)2)16(3)21(22-26-27-23(30)34-22)28-35(31,32)29-12-9-17(10-13-29)33-19-6-4-5-11-25-19/h4-8,11,16-17,21,28H,9-10,12-13H2,1-3H3,(H,27,30)/t16-,21+/m1/s1. The van der Waals surface area contributed by atoms with E-state index >= 15 is 0 Å². The summed E-state index contributed by atoms with van der Waals surface area (Å²) in [4.78, 5) is 15.8. The molecule has 3 heterocycles. The number of aromatic amines is 1. The third kappa shape index (κ3) is 5.60. The molecule has 2 aromatic heterocycles. The van der Waals surface area contributed by atoms with Crippen LogP contribution < -0.4 is 15.2 Å². The number of ether oxygens (including phenoxy) is 1. The van der Waals surface area contributed by atoms with Crippen molar-refractivity contribution in [3.8, 4) is 5.88 Å². The molecule has 2 N–H and O–H groups in total. The Hall–Kier alpha value is -3.09. The molecule has 3 aromatic rings. The fourth-order valence-electron chi connectivity index (χ4n) is 4.28. The lowest BCUT2D eigenvalue weighted by Gasteiger charge is -2.33. The zero-order valence-corrected chi connectivity index (χ0v) is 20.5. The number of H-pyrrole nitrogens is 1. The monoisotopic (exact) mass is 505 g/mol. The van der Waals surface area contributed by atoms with Crippen molar-refractivity contribution in [2.45, 2.75) is 51.7 Å². The van der Waals surface area contributed by atoms with E-state index in [2.05, 4.69) is 19.9 Å². The first kappa shape index (κ1) is 25.0. The molecular weight excluding hydrogens is 477 g/mol. The maximum absolute atomic E-state index is 14.8. The van der Waals surface area contributed by atoms with Gasteiger partial charge in [0.25, 0.3) is 10.2 Å². The van der Waals surface area contributed by atoms with Gasteiger partial charge in [-0.3, -0.25) is 0 Å². The molecule has 0 radical (unpaired) electrons. The van der Waals surface area contributed by atoms with E-state index in [0.29, 0.717) is 29.8 Å². The molecule has 0 spiro atoms. The van der Waals surface area contributed by atoms with E-state index in [1.807, 2.05) is 13.0 Å². The van der Waals surface area contributed by atoms with Crippen LogP contribution in [0.25, 0.3) is 0 Å². The van der Waals surface area contributed by atoms with Crippen LogP contribution in [0.4, 0.5) is 4.39 Å². The summed E-state index contributed by atoms with van der Waals surface area (Å²) in [6.07, 6.45) is 2.41. The Labute approximate surface area is 202 Å². The third-order valence-electron chi connectivity index (χ3n) is 6.35. The summed E-state index contributed by atoms with van der Waals surface area (Å²) >= 11 is 0. The maximum Gasteiger partial charge on any atom is 0.434 e. The van der Waals surface area contributed by atoms with Gasteiger partial charge in [-0.15, -0.1) is 5.10 Å². The van der Waals surface area contributed by atoms with Crippen LogP contribution in [0.15, 0.2) is 45.7 Å². The summed E-state index contributed by atoms with van der Waals surface area (Å²) in [6, 6.07) is 7.24. The second-order valence-electron chi connectivity index (χ2n) is 8.63. The zero-order chi connectivity index (χ0) is 25.2. The van der Waals surface area contributed by atoms with Gasteiger partial charge in [-0.05, 0) is 55.5 Å². The summed E-state index contributed by atoms with van der Waals surface area (Å²) in [7, 11) is -4.03. The summed E-state index contributed by atoms with van der Waals surface area (Å²) in [5.74, 6) is -1.70. The zero-order valence-electron chi connectivity index (χ0n) is 19.7. The highest BCUT2D eigenvalue weighted by molar-refractivity contribution is 7.87. The molecule has 35 heavy (non-hydrogen) atoms. The van der Waals surface area contributed by atoms with Crippen LogP contribution >= 0.6 is 0 Å². The molecule has 0 aliphatic carbocycles. The van der Waals surface area contributed by atoms with Gasteiger partial charge in [0.1, 0.15) is 18.0 Å². The predicted octanol–water partition coefficient (Wildman–Crippen LogP) is 2.74. The van der Waals surface area contributed by atoms with Gasteiger partial charge in [0.05, 0.1) is 0 Å². The van der Waals surface area contributed by atoms with Crippen molar-refractivity contribution in [2.75, 3.05) is 13.1 Å². The molecule has 1 aliphatic rings. The van der Waals surface area contributed by atoms with Gasteiger partial charge in [-0.1, -0.05) is 19.1 Å². The maximum atomic E-state index is 14.8. The fourth-order valence-corrected chi connectivity index (χ4v) is 5.75. The number of piperidine rings is 1. The minimum absolute atomic E-state index is 0.167. The largest absolute Gasteiger partial charge is 0.474 e. The highest BCUT2D eigenvalue weighted by Gasteiger charge is 2.36. The molecule has 4 rings (SSSR count). The average molecular weight is 506 g/mol. The number of hydrogen-bond acceptors (Lipinski definition) is 7. The molecule has 10 nitrogen and oxygen atoms in total. The number of nitrogens with zero attached hydrogens (tertiary/aromatic N) is 3. The van der Waals surface area contributed by atoms with Crippen LogP contribution in [0.3, 0.4) is 0 Å². The molecule has 1 aromatic carbocycles. The van der Waals surface area contributed by atoms with Crippen LogP contribution in [0, 0.1) is 19.7 Å². The minimum Gasteiger partial charge on any atom is -0.474 e. The van der Waals surface area contributed by atoms with Crippen LogP contribution in [0.2, 0.25) is 0 Å². The lowest BCUT2D eigenvalue weighted by Crippen LogP contribution is -2.48. The Morgan fingerprint density at radius 3 is 2.60 bits per heavy atom. The van der Waals surface area contributed by atoms with Crippen LogP contribution in [0.5, 0.6) is 5.88 Å². The van der Waals surface area contributed by atoms with Gasteiger partial charge in [0.2, 0.25) is 11.8 Å². The topological polar surface area (TPSA) is 130 Å². The smallest absolute Gasteiger partial charge is 0.434 e.